The maximum absolute atomic E-state index is 12.0. The van der Waals surface area contributed by atoms with Crippen LogP contribution in [0.1, 0.15) is 46.4 Å². The predicted molar refractivity (Wildman–Crippen MR) is 118 cm³/mol. The number of alkyl carbamates (subject to hydrolysis) is 1. The zero-order valence-corrected chi connectivity index (χ0v) is 19.6. The van der Waals surface area contributed by atoms with Crippen molar-refractivity contribution in [2.75, 3.05) is 0 Å². The van der Waals surface area contributed by atoms with Crippen LogP contribution in [0.15, 0.2) is 29.7 Å². The second-order valence-corrected chi connectivity index (χ2v) is 8.84. The molecule has 2 rings (SSSR count). The Morgan fingerprint density at radius 2 is 1.88 bits per heavy atom. The number of nitrogens with one attached hydrogen (secondary N) is 1. The van der Waals surface area contributed by atoms with E-state index in [9.17, 15) is 9.59 Å². The monoisotopic (exact) mass is 465 g/mol. The number of rotatable bonds is 8. The smallest absolute Gasteiger partial charge is 0.408 e. The third-order valence-electron chi connectivity index (χ3n) is 3.33. The number of thiazole rings is 1. The lowest BCUT2D eigenvalue weighted by Crippen LogP contribution is -2.42. The van der Waals surface area contributed by atoms with Crippen LogP contribution in [0.4, 0.5) is 4.79 Å². The van der Waals surface area contributed by atoms with Crippen LogP contribution in [0.25, 0.3) is 0 Å². The first-order valence-electron chi connectivity index (χ1n) is 9.73. The van der Waals surface area contributed by atoms with E-state index >= 15 is 0 Å². The molecule has 12 heteroatoms. The lowest BCUT2D eigenvalue weighted by atomic mass is 10.2. The molecule has 2 aromatic heterocycles. The molecule has 0 aliphatic carbocycles. The molecule has 32 heavy (non-hydrogen) atoms. The van der Waals surface area contributed by atoms with E-state index in [2.05, 4.69) is 20.4 Å². The predicted octanol–water partition coefficient (Wildman–Crippen LogP) is 3.19. The number of nitrogens with zero attached hydrogens (tertiary/aromatic N) is 3. The molecule has 0 aromatic carbocycles. The number of carbonyl (C=O) groups excluding carboxylic acids is 2. The Morgan fingerprint density at radius 1 is 1.16 bits per heavy atom. The summed E-state index contributed by atoms with van der Waals surface area (Å²) in [6.45, 7) is 10.4. The third-order valence-corrected chi connectivity index (χ3v) is 4.23. The van der Waals surface area contributed by atoms with Gasteiger partial charge >= 0.3 is 12.1 Å². The molecule has 3 N–H and O–H groups in total. The van der Waals surface area contributed by atoms with Gasteiger partial charge in [0.25, 0.3) is 5.19 Å². The molecule has 2 aromatic rings. The number of amides is 1. The van der Waals surface area contributed by atoms with Crippen molar-refractivity contribution in [2.45, 2.75) is 59.3 Å². The molecule has 0 aliphatic rings. The lowest BCUT2D eigenvalue weighted by molar-refractivity contribution is -0.145. The van der Waals surface area contributed by atoms with Gasteiger partial charge in [-0.25, -0.2) is 19.6 Å². The molecule has 2 heterocycles. The Balaban J connectivity index is 1.90. The van der Waals surface area contributed by atoms with Crippen molar-refractivity contribution in [3.63, 3.8) is 0 Å². The molecule has 0 saturated heterocycles. The molecular formula is C20H27N5O6S. The average Bonchev–Trinajstić information content (AvgIpc) is 3.14. The number of oxime groups is 1. The highest BCUT2D eigenvalue weighted by molar-refractivity contribution is 7.15. The van der Waals surface area contributed by atoms with Crippen LogP contribution in [-0.2, 0) is 14.4 Å². The Bertz CT molecular complexity index is 952. The minimum absolute atomic E-state index is 0.0169. The van der Waals surface area contributed by atoms with Crippen LogP contribution in [0.3, 0.4) is 0 Å². The number of amidine groups is 1. The van der Waals surface area contributed by atoms with Crippen LogP contribution in [0.2, 0.25) is 0 Å². The van der Waals surface area contributed by atoms with Gasteiger partial charge in [0.2, 0.25) is 5.88 Å². The molecule has 0 fully saturated rings. The summed E-state index contributed by atoms with van der Waals surface area (Å²) in [7, 11) is 0. The van der Waals surface area contributed by atoms with E-state index in [0.717, 1.165) is 11.3 Å². The van der Waals surface area contributed by atoms with Crippen LogP contribution >= 0.6 is 11.3 Å². The zero-order valence-electron chi connectivity index (χ0n) is 18.7. The molecular weight excluding hydrogens is 438 g/mol. The van der Waals surface area contributed by atoms with Gasteiger partial charge in [-0.15, -0.1) is 0 Å². The van der Waals surface area contributed by atoms with Crippen LogP contribution in [-0.4, -0.2) is 45.6 Å². The first-order chi connectivity index (χ1) is 14.9. The minimum atomic E-state index is -0.989. The highest BCUT2D eigenvalue weighted by Gasteiger charge is 2.22. The number of carbonyl (C=O) groups is 2. The van der Waals surface area contributed by atoms with Crippen LogP contribution < -0.4 is 20.5 Å². The Kier molecular flexibility index (Phi) is 8.35. The van der Waals surface area contributed by atoms with Gasteiger partial charge < -0.3 is 30.1 Å². The SMILES string of the molecule is CC(C)Oc1ccc(Oc2ncc(/C(N)=N\OC(=O)C(C)NC(=O)OC(C)(C)C)s2)cn1. The van der Waals surface area contributed by atoms with E-state index in [0.29, 0.717) is 21.7 Å². The van der Waals surface area contributed by atoms with Gasteiger partial charge in [-0.05, 0) is 47.6 Å². The summed E-state index contributed by atoms with van der Waals surface area (Å²) < 4.78 is 16.2. The molecule has 1 amide bonds. The van der Waals surface area contributed by atoms with Crippen molar-refractivity contribution in [3.8, 4) is 16.8 Å². The molecule has 1 unspecified atom stereocenters. The van der Waals surface area contributed by atoms with Crippen molar-refractivity contribution in [3.05, 3.63) is 29.4 Å². The van der Waals surface area contributed by atoms with Gasteiger partial charge in [0.15, 0.2) is 5.84 Å². The number of hydrogen-bond donors (Lipinski definition) is 2. The van der Waals surface area contributed by atoms with E-state index in [4.69, 9.17) is 24.8 Å². The Morgan fingerprint density at radius 3 is 2.47 bits per heavy atom. The molecule has 0 bridgehead atoms. The number of ether oxygens (including phenoxy) is 3. The largest absolute Gasteiger partial charge is 0.475 e. The highest BCUT2D eigenvalue weighted by Crippen LogP contribution is 2.27. The van der Waals surface area contributed by atoms with E-state index in [1.54, 1.807) is 32.9 Å². The lowest BCUT2D eigenvalue weighted by Gasteiger charge is -2.20. The fraction of sp³-hybridized carbons (Fsp3) is 0.450. The Hall–Kier alpha value is -3.41. The number of hydrogen-bond acceptors (Lipinski definition) is 10. The number of nitrogens with two attached hydrogens (primary N) is 1. The standard InChI is InChI=1S/C20H27N5O6S/c1-11(2)28-15-8-7-13(9-22-15)29-19-23-10-14(32-19)16(21)25-31-17(26)12(3)24-18(27)30-20(4,5)6/h7-12H,1-6H3,(H2,21,25)(H,24,27). The Labute approximate surface area is 189 Å². The number of pyridine rings is 1. The maximum Gasteiger partial charge on any atom is 0.408 e. The van der Waals surface area contributed by atoms with E-state index in [1.165, 1.54) is 19.3 Å². The average molecular weight is 466 g/mol. The fourth-order valence-corrected chi connectivity index (χ4v) is 2.70. The van der Waals surface area contributed by atoms with Gasteiger partial charge in [-0.3, -0.25) is 0 Å². The third kappa shape index (κ3) is 8.38. The van der Waals surface area contributed by atoms with Crippen molar-refractivity contribution < 1.29 is 28.6 Å². The minimum Gasteiger partial charge on any atom is -0.475 e. The quantitative estimate of drug-likeness (QED) is 0.259. The van der Waals surface area contributed by atoms with Crippen molar-refractivity contribution in [1.29, 1.82) is 0 Å². The second-order valence-electron chi connectivity index (χ2n) is 7.85. The zero-order chi connectivity index (χ0) is 23.9. The summed E-state index contributed by atoms with van der Waals surface area (Å²) in [6.07, 6.45) is 2.21. The molecule has 0 saturated carbocycles. The fourth-order valence-electron chi connectivity index (χ4n) is 2.02. The summed E-state index contributed by atoms with van der Waals surface area (Å²) >= 11 is 1.10. The van der Waals surface area contributed by atoms with E-state index < -0.39 is 23.7 Å². The van der Waals surface area contributed by atoms with Gasteiger partial charge in [0, 0.05) is 6.07 Å². The molecule has 174 valence electrons. The van der Waals surface area contributed by atoms with Crippen LogP contribution in [0, 0.1) is 0 Å². The summed E-state index contributed by atoms with van der Waals surface area (Å²) in [5, 5.41) is 6.25. The summed E-state index contributed by atoms with van der Waals surface area (Å²) in [4.78, 5) is 37.2. The first-order valence-corrected chi connectivity index (χ1v) is 10.5. The molecule has 1 atom stereocenters. The van der Waals surface area contributed by atoms with Gasteiger partial charge in [-0.2, -0.15) is 0 Å². The van der Waals surface area contributed by atoms with E-state index in [-0.39, 0.29) is 11.9 Å². The van der Waals surface area contributed by atoms with Gasteiger partial charge in [-0.1, -0.05) is 16.5 Å². The maximum atomic E-state index is 12.0. The number of aromatic nitrogens is 2. The van der Waals surface area contributed by atoms with Gasteiger partial charge in [0.05, 0.1) is 23.4 Å². The summed E-state index contributed by atoms with van der Waals surface area (Å²) in [5.41, 5.74) is 5.16. The molecule has 11 nitrogen and oxygen atoms in total. The van der Waals surface area contributed by atoms with Crippen molar-refractivity contribution in [2.24, 2.45) is 10.9 Å². The van der Waals surface area contributed by atoms with Crippen molar-refractivity contribution >= 4 is 29.2 Å². The highest BCUT2D eigenvalue weighted by atomic mass is 32.1. The molecule has 0 spiro atoms. The summed E-state index contributed by atoms with van der Waals surface area (Å²) in [6, 6.07) is 2.40. The molecule has 0 radical (unpaired) electrons. The van der Waals surface area contributed by atoms with Crippen LogP contribution in [0.5, 0.6) is 16.8 Å². The second kappa shape index (κ2) is 10.8. The van der Waals surface area contributed by atoms with Gasteiger partial charge in [0.1, 0.15) is 17.4 Å². The van der Waals surface area contributed by atoms with Crippen molar-refractivity contribution in [1.82, 2.24) is 15.3 Å². The van der Waals surface area contributed by atoms with E-state index in [1.807, 2.05) is 13.8 Å². The first kappa shape index (κ1) is 24.9. The normalized spacial score (nSPS) is 12.8. The topological polar surface area (TPSA) is 147 Å². The summed E-state index contributed by atoms with van der Waals surface area (Å²) in [5.74, 6) is 0.0651. The molecule has 0 aliphatic heterocycles.